The van der Waals surface area contributed by atoms with Gasteiger partial charge >= 0.3 is 5.97 Å². The molecule has 1 fully saturated rings. The summed E-state index contributed by atoms with van der Waals surface area (Å²) in [6.07, 6.45) is 3.47. The fourth-order valence-electron chi connectivity index (χ4n) is 3.36. The molecule has 3 nitrogen and oxygen atoms in total. The van der Waals surface area contributed by atoms with Crippen LogP contribution in [0, 0.1) is 11.3 Å². The third-order valence-corrected chi connectivity index (χ3v) is 6.07. The molecule has 0 aliphatic heterocycles. The minimum absolute atomic E-state index is 0.160. The second kappa shape index (κ2) is 7.40. The van der Waals surface area contributed by atoms with E-state index in [1.807, 2.05) is 25.1 Å². The molecular weight excluding hydrogens is 344 g/mol. The van der Waals surface area contributed by atoms with Gasteiger partial charge in [0.05, 0.1) is 18.4 Å². The Morgan fingerprint density at radius 2 is 2.05 bits per heavy atom. The van der Waals surface area contributed by atoms with Gasteiger partial charge in [-0.05, 0) is 37.2 Å². The van der Waals surface area contributed by atoms with E-state index in [0.29, 0.717) is 6.42 Å². The number of carbonyl (C=O) groups excluding carboxylic acids is 2. The van der Waals surface area contributed by atoms with E-state index in [2.05, 4.69) is 28.1 Å². The van der Waals surface area contributed by atoms with Gasteiger partial charge in [0.1, 0.15) is 0 Å². The number of methoxy groups -OCH3 is 1. The number of alkyl halides is 1. The van der Waals surface area contributed by atoms with Crippen LogP contribution < -0.4 is 0 Å². The van der Waals surface area contributed by atoms with Gasteiger partial charge in [-0.3, -0.25) is 9.59 Å². The van der Waals surface area contributed by atoms with Gasteiger partial charge in [0.2, 0.25) is 0 Å². The molecule has 0 radical (unpaired) electrons. The quantitative estimate of drug-likeness (QED) is 0.585. The second-order valence-electron chi connectivity index (χ2n) is 6.14. The lowest BCUT2D eigenvalue weighted by atomic mass is 9.65. The number of ketones is 1. The maximum Gasteiger partial charge on any atom is 0.306 e. The molecule has 0 N–H and O–H groups in total. The van der Waals surface area contributed by atoms with E-state index in [1.54, 1.807) is 0 Å². The molecule has 0 saturated heterocycles. The fourth-order valence-corrected chi connectivity index (χ4v) is 4.30. The molecule has 3 unspecified atom stereocenters. The zero-order valence-corrected chi connectivity index (χ0v) is 14.8. The predicted octanol–water partition coefficient (Wildman–Crippen LogP) is 3.93. The lowest BCUT2D eigenvalue weighted by molar-refractivity contribution is -0.149. The Kier molecular flexibility index (Phi) is 5.79. The summed E-state index contributed by atoms with van der Waals surface area (Å²) >= 11 is 3.60. The van der Waals surface area contributed by atoms with Crippen LogP contribution in [-0.4, -0.2) is 23.7 Å². The summed E-state index contributed by atoms with van der Waals surface area (Å²) in [5.41, 5.74) is 0.691. The van der Waals surface area contributed by atoms with Gasteiger partial charge in [0, 0.05) is 5.41 Å². The van der Waals surface area contributed by atoms with Crippen molar-refractivity contribution in [3.8, 4) is 0 Å². The zero-order valence-electron chi connectivity index (χ0n) is 13.2. The number of hydrogen-bond donors (Lipinski definition) is 0. The van der Waals surface area contributed by atoms with Gasteiger partial charge in [-0.25, -0.2) is 0 Å². The summed E-state index contributed by atoms with van der Waals surface area (Å²) in [5, 5.41) is 0. The van der Waals surface area contributed by atoms with Crippen molar-refractivity contribution in [2.45, 2.75) is 43.9 Å². The van der Waals surface area contributed by atoms with Gasteiger partial charge < -0.3 is 4.74 Å². The fraction of sp³-hybridized carbons (Fsp3) is 0.556. The average molecular weight is 367 g/mol. The Bertz CT molecular complexity index is 528. The first-order valence-electron chi connectivity index (χ1n) is 7.81. The van der Waals surface area contributed by atoms with Crippen molar-refractivity contribution >= 4 is 27.7 Å². The molecular formula is C18H23BrO3. The number of esters is 1. The number of carbonyl (C=O) groups is 2. The molecule has 0 bridgehead atoms. The smallest absolute Gasteiger partial charge is 0.306 e. The Morgan fingerprint density at radius 1 is 1.36 bits per heavy atom. The predicted molar refractivity (Wildman–Crippen MR) is 89.9 cm³/mol. The lowest BCUT2D eigenvalue weighted by Gasteiger charge is -2.40. The number of Topliss-reactive ketones (excluding diaryl/α,β-unsaturated/α-hetero) is 1. The molecule has 22 heavy (non-hydrogen) atoms. The molecule has 1 saturated carbocycles. The van der Waals surface area contributed by atoms with Crippen molar-refractivity contribution in [2.24, 2.45) is 11.3 Å². The maximum atomic E-state index is 12.9. The summed E-state index contributed by atoms with van der Waals surface area (Å²) < 4.78 is 4.78. The molecule has 1 aliphatic carbocycles. The van der Waals surface area contributed by atoms with Crippen LogP contribution >= 0.6 is 15.9 Å². The van der Waals surface area contributed by atoms with E-state index in [1.165, 1.54) is 12.7 Å². The Hall–Kier alpha value is -1.16. The highest BCUT2D eigenvalue weighted by Crippen LogP contribution is 2.45. The van der Waals surface area contributed by atoms with E-state index in [4.69, 9.17) is 4.74 Å². The molecule has 4 heteroatoms. The number of hydrogen-bond acceptors (Lipinski definition) is 3. The highest BCUT2D eigenvalue weighted by molar-refractivity contribution is 9.10. The number of benzene rings is 1. The summed E-state index contributed by atoms with van der Waals surface area (Å²) in [6.45, 7) is 1.98. The SMILES string of the molecule is CCC1(CC(=O)OC)CCC(Cc2ccccc2)C(Br)C1=O. The van der Waals surface area contributed by atoms with Gasteiger partial charge in [-0.15, -0.1) is 0 Å². The Morgan fingerprint density at radius 3 is 2.64 bits per heavy atom. The Balaban J connectivity index is 2.11. The van der Waals surface area contributed by atoms with E-state index in [0.717, 1.165) is 19.3 Å². The molecule has 1 aliphatic rings. The van der Waals surface area contributed by atoms with Crippen molar-refractivity contribution in [3.63, 3.8) is 0 Å². The van der Waals surface area contributed by atoms with Crippen molar-refractivity contribution in [2.75, 3.05) is 7.11 Å². The topological polar surface area (TPSA) is 43.4 Å². The van der Waals surface area contributed by atoms with Crippen LogP contribution in [-0.2, 0) is 20.7 Å². The van der Waals surface area contributed by atoms with Crippen LogP contribution in [0.5, 0.6) is 0 Å². The number of rotatable bonds is 5. The van der Waals surface area contributed by atoms with Gasteiger partial charge in [-0.2, -0.15) is 0 Å². The largest absolute Gasteiger partial charge is 0.469 e. The molecule has 1 aromatic carbocycles. The van der Waals surface area contributed by atoms with Crippen molar-refractivity contribution in [1.29, 1.82) is 0 Å². The van der Waals surface area contributed by atoms with Crippen molar-refractivity contribution in [1.82, 2.24) is 0 Å². The molecule has 3 atom stereocenters. The van der Waals surface area contributed by atoms with Crippen LogP contribution in [0.4, 0.5) is 0 Å². The first-order chi connectivity index (χ1) is 10.5. The average Bonchev–Trinajstić information content (AvgIpc) is 2.55. The standard InChI is InChI=1S/C18H23BrO3/c1-3-18(12-15(20)22-2)10-9-14(16(19)17(18)21)11-13-7-5-4-6-8-13/h4-8,14,16H,3,9-12H2,1-2H3. The molecule has 2 rings (SSSR count). The van der Waals surface area contributed by atoms with E-state index in [9.17, 15) is 9.59 Å². The minimum Gasteiger partial charge on any atom is -0.469 e. The molecule has 0 aromatic heterocycles. The first kappa shape index (κ1) is 17.2. The highest BCUT2D eigenvalue weighted by Gasteiger charge is 2.47. The Labute approximate surface area is 140 Å². The van der Waals surface area contributed by atoms with E-state index >= 15 is 0 Å². The van der Waals surface area contributed by atoms with Crippen LogP contribution in [0.25, 0.3) is 0 Å². The van der Waals surface area contributed by atoms with E-state index < -0.39 is 5.41 Å². The maximum absolute atomic E-state index is 12.9. The van der Waals surface area contributed by atoms with Crippen molar-refractivity contribution in [3.05, 3.63) is 35.9 Å². The molecule has 1 aromatic rings. The third-order valence-electron chi connectivity index (χ3n) is 4.91. The number of ether oxygens (including phenoxy) is 1. The minimum atomic E-state index is -0.561. The van der Waals surface area contributed by atoms with E-state index in [-0.39, 0.29) is 28.9 Å². The molecule has 0 spiro atoms. The molecule has 0 amide bonds. The van der Waals surface area contributed by atoms with Crippen LogP contribution in [0.2, 0.25) is 0 Å². The monoisotopic (exact) mass is 366 g/mol. The first-order valence-corrected chi connectivity index (χ1v) is 8.73. The van der Waals surface area contributed by atoms with Gasteiger partial charge in [-0.1, -0.05) is 53.2 Å². The normalized spacial score (nSPS) is 28.4. The second-order valence-corrected chi connectivity index (χ2v) is 7.13. The van der Waals surface area contributed by atoms with Crippen LogP contribution in [0.15, 0.2) is 30.3 Å². The molecule has 120 valence electrons. The summed E-state index contributed by atoms with van der Waals surface area (Å²) in [6, 6.07) is 10.2. The van der Waals surface area contributed by atoms with Crippen molar-refractivity contribution < 1.29 is 14.3 Å². The third kappa shape index (κ3) is 3.60. The molecule has 0 heterocycles. The van der Waals surface area contributed by atoms with Gasteiger partial charge in [0.15, 0.2) is 5.78 Å². The van der Waals surface area contributed by atoms with Crippen LogP contribution in [0.3, 0.4) is 0 Å². The number of halogens is 1. The summed E-state index contributed by atoms with van der Waals surface area (Å²) in [7, 11) is 1.38. The highest BCUT2D eigenvalue weighted by atomic mass is 79.9. The lowest BCUT2D eigenvalue weighted by Crippen LogP contribution is -2.46. The summed E-state index contributed by atoms with van der Waals surface area (Å²) in [4.78, 5) is 24.4. The van der Waals surface area contributed by atoms with Gasteiger partial charge in [0.25, 0.3) is 0 Å². The van der Waals surface area contributed by atoms with Crippen LogP contribution in [0.1, 0.15) is 38.2 Å². The summed E-state index contributed by atoms with van der Waals surface area (Å²) in [5.74, 6) is 0.149. The zero-order chi connectivity index (χ0) is 16.2.